The quantitative estimate of drug-likeness (QED) is 0.701. The van der Waals surface area contributed by atoms with Crippen LogP contribution in [0, 0.1) is 0 Å². The fourth-order valence-corrected chi connectivity index (χ4v) is 1.37. The Morgan fingerprint density at radius 1 is 1.53 bits per heavy atom. The van der Waals surface area contributed by atoms with Crippen LogP contribution in [0.4, 0.5) is 5.69 Å². The molecule has 1 unspecified atom stereocenters. The molecule has 6 heteroatoms. The second kappa shape index (κ2) is 5.83. The Balaban J connectivity index is 2.72. The number of aromatic nitrogens is 1. The first-order valence-corrected chi connectivity index (χ1v) is 5.19. The highest BCUT2D eigenvalue weighted by molar-refractivity contribution is 5.92. The fourth-order valence-electron chi connectivity index (χ4n) is 1.37. The number of carbonyl (C=O) groups is 2. The van der Waals surface area contributed by atoms with Crippen molar-refractivity contribution in [3.63, 3.8) is 0 Å². The van der Waals surface area contributed by atoms with Gasteiger partial charge in [0.15, 0.2) is 0 Å². The van der Waals surface area contributed by atoms with Gasteiger partial charge in [-0.15, -0.1) is 0 Å². The summed E-state index contributed by atoms with van der Waals surface area (Å²) in [5.74, 6) is -1.15. The summed E-state index contributed by atoms with van der Waals surface area (Å²) in [6.07, 6.45) is 1.51. The molecule has 6 nitrogen and oxygen atoms in total. The Bertz CT molecular complexity index is 420. The van der Waals surface area contributed by atoms with E-state index < -0.39 is 5.97 Å². The maximum atomic E-state index is 11.3. The zero-order valence-corrected chi connectivity index (χ0v) is 9.73. The van der Waals surface area contributed by atoms with Crippen LogP contribution in [0.3, 0.4) is 0 Å². The lowest BCUT2D eigenvalue weighted by Crippen LogP contribution is -2.21. The zero-order chi connectivity index (χ0) is 12.8. The Morgan fingerprint density at radius 2 is 2.24 bits per heavy atom. The second-order valence-corrected chi connectivity index (χ2v) is 3.65. The van der Waals surface area contributed by atoms with E-state index in [9.17, 15) is 9.59 Å². The van der Waals surface area contributed by atoms with Gasteiger partial charge < -0.3 is 15.7 Å². The SMILES string of the molecule is CNC(=O)c1cc(NC(C)CC(=O)O)ccn1. The summed E-state index contributed by atoms with van der Waals surface area (Å²) in [6.45, 7) is 1.76. The van der Waals surface area contributed by atoms with E-state index >= 15 is 0 Å². The highest BCUT2D eigenvalue weighted by atomic mass is 16.4. The van der Waals surface area contributed by atoms with E-state index in [4.69, 9.17) is 5.11 Å². The van der Waals surface area contributed by atoms with Gasteiger partial charge in [0.2, 0.25) is 0 Å². The average Bonchev–Trinajstić information content (AvgIpc) is 2.27. The number of aliphatic carboxylic acids is 1. The number of hydrogen-bond acceptors (Lipinski definition) is 4. The molecule has 0 saturated heterocycles. The van der Waals surface area contributed by atoms with Gasteiger partial charge >= 0.3 is 5.97 Å². The summed E-state index contributed by atoms with van der Waals surface area (Å²) in [5, 5.41) is 14.1. The second-order valence-electron chi connectivity index (χ2n) is 3.65. The molecule has 3 N–H and O–H groups in total. The summed E-state index contributed by atoms with van der Waals surface area (Å²) < 4.78 is 0. The molecule has 1 heterocycles. The molecule has 0 aliphatic heterocycles. The van der Waals surface area contributed by atoms with Gasteiger partial charge in [-0.3, -0.25) is 14.6 Å². The maximum absolute atomic E-state index is 11.3. The third-order valence-corrected chi connectivity index (χ3v) is 2.11. The van der Waals surface area contributed by atoms with Gasteiger partial charge in [0.05, 0.1) is 6.42 Å². The standard InChI is InChI=1S/C11H15N3O3/c1-7(5-10(15)16)14-8-3-4-13-9(6-8)11(17)12-2/h3-4,6-7H,5H2,1-2H3,(H,12,17)(H,13,14)(H,15,16). The number of amides is 1. The molecular weight excluding hydrogens is 222 g/mol. The number of carboxylic acid groups (broad SMARTS) is 1. The van der Waals surface area contributed by atoms with Crippen LogP contribution in [-0.2, 0) is 4.79 Å². The topological polar surface area (TPSA) is 91.3 Å². The first kappa shape index (κ1) is 13.0. The normalized spacial score (nSPS) is 11.6. The van der Waals surface area contributed by atoms with Crippen LogP contribution < -0.4 is 10.6 Å². The van der Waals surface area contributed by atoms with Crippen molar-refractivity contribution in [3.8, 4) is 0 Å². The van der Waals surface area contributed by atoms with Crippen molar-refractivity contribution >= 4 is 17.6 Å². The molecule has 1 aromatic rings. The summed E-state index contributed by atoms with van der Waals surface area (Å²) in [7, 11) is 1.52. The summed E-state index contributed by atoms with van der Waals surface area (Å²) in [4.78, 5) is 25.7. The van der Waals surface area contributed by atoms with E-state index in [1.807, 2.05) is 0 Å². The maximum Gasteiger partial charge on any atom is 0.305 e. The molecule has 0 aromatic carbocycles. The van der Waals surface area contributed by atoms with Crippen LogP contribution in [0.25, 0.3) is 0 Å². The van der Waals surface area contributed by atoms with Crippen molar-refractivity contribution in [1.29, 1.82) is 0 Å². The minimum Gasteiger partial charge on any atom is -0.481 e. The van der Waals surface area contributed by atoms with Crippen LogP contribution in [-0.4, -0.2) is 35.1 Å². The molecule has 1 amide bonds. The van der Waals surface area contributed by atoms with Gasteiger partial charge in [-0.05, 0) is 19.1 Å². The molecule has 0 bridgehead atoms. The Labute approximate surface area is 99.1 Å². The first-order valence-electron chi connectivity index (χ1n) is 5.19. The van der Waals surface area contributed by atoms with Crippen molar-refractivity contribution in [2.45, 2.75) is 19.4 Å². The lowest BCUT2D eigenvalue weighted by molar-refractivity contribution is -0.137. The molecule has 1 aromatic heterocycles. The van der Waals surface area contributed by atoms with E-state index in [0.717, 1.165) is 0 Å². The van der Waals surface area contributed by atoms with Gasteiger partial charge in [0.1, 0.15) is 5.69 Å². The van der Waals surface area contributed by atoms with Gasteiger partial charge in [-0.1, -0.05) is 0 Å². The lowest BCUT2D eigenvalue weighted by atomic mass is 10.2. The predicted molar refractivity (Wildman–Crippen MR) is 63.0 cm³/mol. The van der Waals surface area contributed by atoms with Crippen molar-refractivity contribution < 1.29 is 14.7 Å². The van der Waals surface area contributed by atoms with Crippen LogP contribution in [0.1, 0.15) is 23.8 Å². The first-order chi connectivity index (χ1) is 8.02. The van der Waals surface area contributed by atoms with Gasteiger partial charge in [-0.25, -0.2) is 0 Å². The van der Waals surface area contributed by atoms with Crippen molar-refractivity contribution in [2.24, 2.45) is 0 Å². The van der Waals surface area contributed by atoms with E-state index in [1.165, 1.54) is 13.2 Å². The number of hydrogen-bond donors (Lipinski definition) is 3. The van der Waals surface area contributed by atoms with Gasteiger partial charge in [0, 0.05) is 25.0 Å². The largest absolute Gasteiger partial charge is 0.481 e. The van der Waals surface area contributed by atoms with Crippen molar-refractivity contribution in [3.05, 3.63) is 24.0 Å². The molecule has 0 radical (unpaired) electrons. The molecule has 1 atom stereocenters. The number of anilines is 1. The Morgan fingerprint density at radius 3 is 2.82 bits per heavy atom. The Kier molecular flexibility index (Phi) is 4.45. The monoisotopic (exact) mass is 237 g/mol. The third-order valence-electron chi connectivity index (χ3n) is 2.11. The fraction of sp³-hybridized carbons (Fsp3) is 0.364. The highest BCUT2D eigenvalue weighted by Crippen LogP contribution is 2.10. The van der Waals surface area contributed by atoms with Gasteiger partial charge in [0.25, 0.3) is 5.91 Å². The summed E-state index contributed by atoms with van der Waals surface area (Å²) >= 11 is 0. The molecule has 92 valence electrons. The van der Waals surface area contributed by atoms with Crippen molar-refractivity contribution in [1.82, 2.24) is 10.3 Å². The number of carbonyl (C=O) groups excluding carboxylic acids is 1. The van der Waals surface area contributed by atoms with Crippen LogP contribution in [0.15, 0.2) is 18.3 Å². The molecule has 17 heavy (non-hydrogen) atoms. The van der Waals surface area contributed by atoms with E-state index in [0.29, 0.717) is 11.4 Å². The smallest absolute Gasteiger partial charge is 0.305 e. The molecular formula is C11H15N3O3. The average molecular weight is 237 g/mol. The number of nitrogens with zero attached hydrogens (tertiary/aromatic N) is 1. The molecule has 0 saturated carbocycles. The van der Waals surface area contributed by atoms with E-state index in [1.54, 1.807) is 19.1 Å². The number of rotatable bonds is 5. The number of carboxylic acids is 1. The van der Waals surface area contributed by atoms with Crippen LogP contribution >= 0.6 is 0 Å². The lowest BCUT2D eigenvalue weighted by Gasteiger charge is -2.13. The van der Waals surface area contributed by atoms with Crippen molar-refractivity contribution in [2.75, 3.05) is 12.4 Å². The highest BCUT2D eigenvalue weighted by Gasteiger charge is 2.09. The van der Waals surface area contributed by atoms with E-state index in [2.05, 4.69) is 15.6 Å². The molecule has 0 spiro atoms. The van der Waals surface area contributed by atoms with E-state index in [-0.39, 0.29) is 18.4 Å². The predicted octanol–water partition coefficient (Wildman–Crippen LogP) is 0.716. The summed E-state index contributed by atoms with van der Waals surface area (Å²) in [6, 6.07) is 3.05. The molecule has 0 fully saturated rings. The minimum atomic E-state index is -0.870. The number of pyridine rings is 1. The van der Waals surface area contributed by atoms with Gasteiger partial charge in [-0.2, -0.15) is 0 Å². The third kappa shape index (κ3) is 4.10. The van der Waals surface area contributed by atoms with Crippen LogP contribution in [0.2, 0.25) is 0 Å². The Hall–Kier alpha value is -2.11. The zero-order valence-electron chi connectivity index (χ0n) is 9.73. The molecule has 0 aliphatic rings. The number of nitrogens with one attached hydrogen (secondary N) is 2. The molecule has 1 rings (SSSR count). The molecule has 0 aliphatic carbocycles. The van der Waals surface area contributed by atoms with Crippen LogP contribution in [0.5, 0.6) is 0 Å². The summed E-state index contributed by atoms with van der Waals surface area (Å²) in [5.41, 5.74) is 0.965. The minimum absolute atomic E-state index is 0.0115.